The standard InChI is InChI=1S/C14H21BrN2O3/c1-6-17(13(18)20-14(2,3)4)9-10-7-11(15)12(19-5)16-8-10/h7-8H,6,9H2,1-5H3. The fraction of sp³-hybridized carbons (Fsp3) is 0.571. The van der Waals surface area contributed by atoms with Crippen molar-refractivity contribution in [2.45, 2.75) is 39.8 Å². The number of nitrogens with zero attached hydrogens (tertiary/aromatic N) is 2. The topological polar surface area (TPSA) is 51.7 Å². The Balaban J connectivity index is 2.78. The lowest BCUT2D eigenvalue weighted by Gasteiger charge is -2.26. The summed E-state index contributed by atoms with van der Waals surface area (Å²) in [5.41, 5.74) is 0.411. The van der Waals surface area contributed by atoms with Crippen LogP contribution in [0.4, 0.5) is 4.79 Å². The van der Waals surface area contributed by atoms with E-state index in [4.69, 9.17) is 9.47 Å². The summed E-state index contributed by atoms with van der Waals surface area (Å²) in [6.07, 6.45) is 1.36. The Morgan fingerprint density at radius 1 is 1.45 bits per heavy atom. The van der Waals surface area contributed by atoms with Crippen molar-refractivity contribution >= 4 is 22.0 Å². The van der Waals surface area contributed by atoms with Crippen molar-refractivity contribution in [2.24, 2.45) is 0 Å². The van der Waals surface area contributed by atoms with E-state index in [0.29, 0.717) is 19.0 Å². The van der Waals surface area contributed by atoms with Crippen LogP contribution in [0.3, 0.4) is 0 Å². The van der Waals surface area contributed by atoms with Crippen molar-refractivity contribution in [3.8, 4) is 5.88 Å². The minimum absolute atomic E-state index is 0.327. The van der Waals surface area contributed by atoms with Gasteiger partial charge in [0.1, 0.15) is 5.60 Å². The van der Waals surface area contributed by atoms with Crippen molar-refractivity contribution in [3.63, 3.8) is 0 Å². The molecule has 0 saturated carbocycles. The van der Waals surface area contributed by atoms with Crippen molar-refractivity contribution in [1.82, 2.24) is 9.88 Å². The maximum absolute atomic E-state index is 12.0. The van der Waals surface area contributed by atoms with Crippen molar-refractivity contribution in [1.29, 1.82) is 0 Å². The summed E-state index contributed by atoms with van der Waals surface area (Å²) in [5, 5.41) is 0. The fourth-order valence-electron chi connectivity index (χ4n) is 1.55. The van der Waals surface area contributed by atoms with E-state index in [1.807, 2.05) is 33.8 Å². The molecule has 0 N–H and O–H groups in total. The molecule has 0 aliphatic carbocycles. The van der Waals surface area contributed by atoms with Gasteiger partial charge in [0.05, 0.1) is 18.1 Å². The lowest BCUT2D eigenvalue weighted by molar-refractivity contribution is 0.0244. The van der Waals surface area contributed by atoms with E-state index >= 15 is 0 Å². The Morgan fingerprint density at radius 3 is 2.55 bits per heavy atom. The van der Waals surface area contributed by atoms with Crippen molar-refractivity contribution in [3.05, 3.63) is 22.3 Å². The number of halogens is 1. The fourth-order valence-corrected chi connectivity index (χ4v) is 2.11. The zero-order valence-corrected chi connectivity index (χ0v) is 14.2. The lowest BCUT2D eigenvalue weighted by atomic mass is 10.2. The van der Waals surface area contributed by atoms with Crippen LogP contribution in [0.2, 0.25) is 0 Å². The molecule has 1 rings (SSSR count). The first-order valence-corrected chi connectivity index (χ1v) is 7.22. The monoisotopic (exact) mass is 344 g/mol. The van der Waals surface area contributed by atoms with E-state index in [1.165, 1.54) is 0 Å². The van der Waals surface area contributed by atoms with Gasteiger partial charge < -0.3 is 14.4 Å². The van der Waals surface area contributed by atoms with Crippen LogP contribution in [0.5, 0.6) is 5.88 Å². The highest BCUT2D eigenvalue weighted by Gasteiger charge is 2.21. The van der Waals surface area contributed by atoms with Gasteiger partial charge in [0.25, 0.3) is 0 Å². The molecule has 0 fully saturated rings. The van der Waals surface area contributed by atoms with E-state index < -0.39 is 5.60 Å². The van der Waals surface area contributed by atoms with Gasteiger partial charge in [0.2, 0.25) is 5.88 Å². The molecule has 0 unspecified atom stereocenters. The summed E-state index contributed by atoms with van der Waals surface area (Å²) < 4.78 is 11.2. The number of carbonyl (C=O) groups is 1. The van der Waals surface area contributed by atoms with E-state index in [9.17, 15) is 4.79 Å². The second kappa shape index (κ2) is 6.92. The van der Waals surface area contributed by atoms with Crippen LogP contribution in [-0.4, -0.2) is 35.2 Å². The molecule has 0 aliphatic rings. The molecule has 1 heterocycles. The molecule has 6 heteroatoms. The lowest BCUT2D eigenvalue weighted by Crippen LogP contribution is -2.36. The van der Waals surface area contributed by atoms with Gasteiger partial charge in [-0.25, -0.2) is 9.78 Å². The molecule has 5 nitrogen and oxygen atoms in total. The van der Waals surface area contributed by atoms with Crippen LogP contribution in [0, 0.1) is 0 Å². The zero-order valence-electron chi connectivity index (χ0n) is 12.6. The predicted octanol–water partition coefficient (Wildman–Crippen LogP) is 3.61. The Bertz CT molecular complexity index is 472. The third-order valence-corrected chi connectivity index (χ3v) is 3.03. The summed E-state index contributed by atoms with van der Waals surface area (Å²) in [6, 6.07) is 1.89. The molecule has 0 saturated heterocycles. The first kappa shape index (κ1) is 16.8. The predicted molar refractivity (Wildman–Crippen MR) is 80.8 cm³/mol. The molecule has 0 spiro atoms. The number of hydrogen-bond donors (Lipinski definition) is 0. The van der Waals surface area contributed by atoms with E-state index in [-0.39, 0.29) is 6.09 Å². The molecular weight excluding hydrogens is 324 g/mol. The molecule has 112 valence electrons. The zero-order chi connectivity index (χ0) is 15.3. The number of amides is 1. The van der Waals surface area contributed by atoms with Crippen LogP contribution < -0.4 is 4.74 Å². The molecular formula is C14H21BrN2O3. The van der Waals surface area contributed by atoms with Crippen LogP contribution in [-0.2, 0) is 11.3 Å². The average molecular weight is 345 g/mol. The molecule has 1 aromatic rings. The normalized spacial score (nSPS) is 11.1. The SMILES string of the molecule is CCN(Cc1cnc(OC)c(Br)c1)C(=O)OC(C)(C)C. The summed E-state index contributed by atoms with van der Waals surface area (Å²) in [7, 11) is 1.56. The summed E-state index contributed by atoms with van der Waals surface area (Å²) in [5.74, 6) is 0.522. The number of aromatic nitrogens is 1. The molecule has 0 radical (unpaired) electrons. The van der Waals surface area contributed by atoms with Crippen LogP contribution in [0.15, 0.2) is 16.7 Å². The number of ether oxygens (including phenoxy) is 2. The first-order valence-electron chi connectivity index (χ1n) is 6.43. The van der Waals surface area contributed by atoms with Crippen LogP contribution in [0.1, 0.15) is 33.3 Å². The highest BCUT2D eigenvalue weighted by Crippen LogP contribution is 2.23. The molecule has 1 aromatic heterocycles. The van der Waals surface area contributed by atoms with Gasteiger partial charge in [-0.2, -0.15) is 0 Å². The second-order valence-electron chi connectivity index (χ2n) is 5.33. The maximum atomic E-state index is 12.0. The van der Waals surface area contributed by atoms with E-state index in [1.54, 1.807) is 18.2 Å². The molecule has 1 amide bonds. The average Bonchev–Trinajstić information content (AvgIpc) is 2.33. The number of rotatable bonds is 4. The first-order chi connectivity index (χ1) is 9.26. The van der Waals surface area contributed by atoms with Gasteiger partial charge in [0.15, 0.2) is 0 Å². The summed E-state index contributed by atoms with van der Waals surface area (Å²) >= 11 is 3.38. The quantitative estimate of drug-likeness (QED) is 0.837. The largest absolute Gasteiger partial charge is 0.480 e. The maximum Gasteiger partial charge on any atom is 0.410 e. The van der Waals surface area contributed by atoms with Gasteiger partial charge in [0, 0.05) is 12.7 Å². The summed E-state index contributed by atoms with van der Waals surface area (Å²) in [4.78, 5) is 17.8. The highest BCUT2D eigenvalue weighted by atomic mass is 79.9. The van der Waals surface area contributed by atoms with Crippen LogP contribution in [0.25, 0.3) is 0 Å². The summed E-state index contributed by atoms with van der Waals surface area (Å²) in [6.45, 7) is 8.48. The minimum atomic E-state index is -0.497. The van der Waals surface area contributed by atoms with Crippen molar-refractivity contribution < 1.29 is 14.3 Å². The Kier molecular flexibility index (Phi) is 5.80. The van der Waals surface area contributed by atoms with Gasteiger partial charge >= 0.3 is 6.09 Å². The smallest absolute Gasteiger partial charge is 0.410 e. The number of carbonyl (C=O) groups excluding carboxylic acids is 1. The molecule has 0 aliphatic heterocycles. The second-order valence-corrected chi connectivity index (χ2v) is 6.18. The van der Waals surface area contributed by atoms with Gasteiger partial charge in [-0.05, 0) is 55.3 Å². The Labute approximate surface area is 128 Å². The number of pyridine rings is 1. The molecule has 0 bridgehead atoms. The van der Waals surface area contributed by atoms with E-state index in [0.717, 1.165) is 10.0 Å². The number of methoxy groups -OCH3 is 1. The molecule has 0 aromatic carbocycles. The Hall–Kier alpha value is -1.30. The highest BCUT2D eigenvalue weighted by molar-refractivity contribution is 9.10. The third-order valence-electron chi connectivity index (χ3n) is 2.46. The van der Waals surface area contributed by atoms with Crippen molar-refractivity contribution in [2.75, 3.05) is 13.7 Å². The van der Waals surface area contributed by atoms with Gasteiger partial charge in [-0.3, -0.25) is 0 Å². The number of hydrogen-bond acceptors (Lipinski definition) is 4. The third kappa shape index (κ3) is 5.00. The molecule has 0 atom stereocenters. The van der Waals surface area contributed by atoms with Crippen LogP contribution >= 0.6 is 15.9 Å². The van der Waals surface area contributed by atoms with E-state index in [2.05, 4.69) is 20.9 Å². The van der Waals surface area contributed by atoms with Gasteiger partial charge in [-0.1, -0.05) is 0 Å². The van der Waals surface area contributed by atoms with Gasteiger partial charge in [-0.15, -0.1) is 0 Å². The minimum Gasteiger partial charge on any atom is -0.480 e. The molecule has 20 heavy (non-hydrogen) atoms. The Morgan fingerprint density at radius 2 is 2.10 bits per heavy atom.